The summed E-state index contributed by atoms with van der Waals surface area (Å²) >= 11 is 6.31. The van der Waals surface area contributed by atoms with Crippen molar-refractivity contribution in [2.24, 2.45) is 0 Å². The molecule has 0 spiro atoms. The van der Waals surface area contributed by atoms with Crippen LogP contribution in [0.5, 0.6) is 5.75 Å². The third-order valence-corrected chi connectivity index (χ3v) is 6.28. The lowest BCUT2D eigenvalue weighted by atomic mass is 9.96. The zero-order chi connectivity index (χ0) is 22.0. The molecule has 0 bridgehead atoms. The van der Waals surface area contributed by atoms with Crippen LogP contribution in [-0.2, 0) is 6.54 Å². The van der Waals surface area contributed by atoms with Crippen LogP contribution in [0.2, 0.25) is 5.02 Å². The first-order valence-corrected chi connectivity index (χ1v) is 11.0. The first-order valence-electron chi connectivity index (χ1n) is 10.6. The van der Waals surface area contributed by atoms with Gasteiger partial charge in [-0.2, -0.15) is 0 Å². The first-order chi connectivity index (χ1) is 14.9. The Bertz CT molecular complexity index is 1110. The molecule has 1 aliphatic heterocycles. The Morgan fingerprint density at radius 1 is 1.00 bits per heavy atom. The van der Waals surface area contributed by atoms with Crippen LogP contribution >= 0.6 is 11.6 Å². The fraction of sp³-hybridized carbons (Fsp3) is 0.320. The molecule has 1 saturated heterocycles. The van der Waals surface area contributed by atoms with Crippen LogP contribution < -0.4 is 5.56 Å². The van der Waals surface area contributed by atoms with E-state index in [2.05, 4.69) is 16.8 Å². The van der Waals surface area contributed by atoms with Crippen molar-refractivity contribution in [1.82, 2.24) is 14.4 Å². The lowest BCUT2D eigenvalue weighted by Crippen LogP contribution is -2.47. The van der Waals surface area contributed by atoms with Gasteiger partial charge in [0.1, 0.15) is 5.75 Å². The van der Waals surface area contributed by atoms with Gasteiger partial charge in [-0.05, 0) is 43.3 Å². The summed E-state index contributed by atoms with van der Waals surface area (Å²) < 4.78 is 1.75. The summed E-state index contributed by atoms with van der Waals surface area (Å²) in [6, 6.07) is 18.9. The number of nitrogens with zero attached hydrogens (tertiary/aromatic N) is 3. The Balaban J connectivity index is 1.84. The monoisotopic (exact) mass is 437 g/mol. The molecule has 3 aromatic rings. The summed E-state index contributed by atoms with van der Waals surface area (Å²) in [5.74, 6) is 0.0377. The second kappa shape index (κ2) is 9.27. The lowest BCUT2D eigenvalue weighted by Gasteiger charge is -2.38. The van der Waals surface area contributed by atoms with Gasteiger partial charge in [-0.15, -0.1) is 0 Å². The average Bonchev–Trinajstić information content (AvgIpc) is 2.76. The summed E-state index contributed by atoms with van der Waals surface area (Å²) in [5.41, 5.74) is 2.94. The van der Waals surface area contributed by atoms with Crippen molar-refractivity contribution in [3.63, 3.8) is 0 Å². The van der Waals surface area contributed by atoms with Gasteiger partial charge in [-0.25, -0.2) is 0 Å². The number of aryl methyl sites for hydroxylation is 1. The average molecular weight is 438 g/mol. The van der Waals surface area contributed by atoms with E-state index in [0.717, 1.165) is 43.0 Å². The molecule has 6 heteroatoms. The Labute approximate surface area is 188 Å². The van der Waals surface area contributed by atoms with Crippen molar-refractivity contribution in [2.45, 2.75) is 19.5 Å². The number of rotatable bonds is 5. The van der Waals surface area contributed by atoms with Gasteiger partial charge in [0.05, 0.1) is 18.2 Å². The van der Waals surface area contributed by atoms with Crippen molar-refractivity contribution in [1.29, 1.82) is 0 Å². The number of pyridine rings is 1. The van der Waals surface area contributed by atoms with Crippen LogP contribution in [-0.4, -0.2) is 52.7 Å². The molecule has 1 N–H and O–H groups in total. The van der Waals surface area contributed by atoms with E-state index in [1.165, 1.54) is 0 Å². The summed E-state index contributed by atoms with van der Waals surface area (Å²) in [6.07, 6.45) is 0. The third kappa shape index (κ3) is 4.69. The summed E-state index contributed by atoms with van der Waals surface area (Å²) in [6.45, 7) is 5.74. The third-order valence-electron chi connectivity index (χ3n) is 6.05. The molecule has 31 heavy (non-hydrogen) atoms. The Morgan fingerprint density at radius 3 is 2.39 bits per heavy atom. The fourth-order valence-corrected chi connectivity index (χ4v) is 4.50. The van der Waals surface area contributed by atoms with Gasteiger partial charge in [-0.3, -0.25) is 9.69 Å². The van der Waals surface area contributed by atoms with Gasteiger partial charge in [0.2, 0.25) is 0 Å². The van der Waals surface area contributed by atoms with E-state index in [0.29, 0.717) is 17.1 Å². The van der Waals surface area contributed by atoms with Gasteiger partial charge in [0.25, 0.3) is 5.56 Å². The second-order valence-electron chi connectivity index (χ2n) is 8.26. The van der Waals surface area contributed by atoms with Gasteiger partial charge in [0.15, 0.2) is 0 Å². The number of halogens is 1. The largest absolute Gasteiger partial charge is 0.507 e. The highest BCUT2D eigenvalue weighted by Gasteiger charge is 2.31. The minimum absolute atomic E-state index is 0.0377. The van der Waals surface area contributed by atoms with Crippen molar-refractivity contribution in [2.75, 3.05) is 33.2 Å². The molecule has 0 saturated carbocycles. The van der Waals surface area contributed by atoms with Gasteiger partial charge >= 0.3 is 0 Å². The van der Waals surface area contributed by atoms with E-state index >= 15 is 0 Å². The smallest absolute Gasteiger partial charge is 0.259 e. The normalized spacial score (nSPS) is 16.4. The van der Waals surface area contributed by atoms with Crippen LogP contribution in [0.3, 0.4) is 0 Å². The topological polar surface area (TPSA) is 48.7 Å². The van der Waals surface area contributed by atoms with Crippen molar-refractivity contribution >= 4 is 11.6 Å². The van der Waals surface area contributed by atoms with E-state index in [4.69, 9.17) is 11.6 Å². The van der Waals surface area contributed by atoms with Crippen molar-refractivity contribution in [3.05, 3.63) is 98.4 Å². The van der Waals surface area contributed by atoms with Gasteiger partial charge in [0, 0.05) is 36.9 Å². The predicted octanol–water partition coefficient (Wildman–Crippen LogP) is 3.90. The number of aromatic hydroxyl groups is 1. The predicted molar refractivity (Wildman–Crippen MR) is 125 cm³/mol. The number of benzene rings is 2. The maximum Gasteiger partial charge on any atom is 0.259 e. The van der Waals surface area contributed by atoms with Crippen LogP contribution in [0.1, 0.15) is 28.4 Å². The second-order valence-corrected chi connectivity index (χ2v) is 8.69. The number of likely N-dealkylation sites (N-methyl/N-ethyl adjacent to an activating group) is 1. The molecule has 0 radical (unpaired) electrons. The van der Waals surface area contributed by atoms with E-state index < -0.39 is 0 Å². The summed E-state index contributed by atoms with van der Waals surface area (Å²) in [5, 5.41) is 11.6. The van der Waals surface area contributed by atoms with Gasteiger partial charge in [-0.1, -0.05) is 54.1 Å². The molecule has 4 rings (SSSR count). The molecule has 1 aromatic heterocycles. The van der Waals surface area contributed by atoms with Crippen molar-refractivity contribution < 1.29 is 5.11 Å². The molecule has 1 fully saturated rings. The lowest BCUT2D eigenvalue weighted by molar-refractivity contribution is 0.125. The van der Waals surface area contributed by atoms with E-state index in [9.17, 15) is 9.90 Å². The molecule has 2 aromatic carbocycles. The highest BCUT2D eigenvalue weighted by Crippen LogP contribution is 2.34. The molecule has 0 unspecified atom stereocenters. The minimum Gasteiger partial charge on any atom is -0.507 e. The van der Waals surface area contributed by atoms with Crippen LogP contribution in [0.15, 0.2) is 65.5 Å². The molecule has 0 amide bonds. The minimum atomic E-state index is -0.359. The zero-order valence-corrected chi connectivity index (χ0v) is 18.7. The number of hydrogen-bond donors (Lipinski definition) is 1. The van der Waals surface area contributed by atoms with Gasteiger partial charge < -0.3 is 14.6 Å². The van der Waals surface area contributed by atoms with E-state index in [1.54, 1.807) is 10.6 Å². The SMILES string of the molecule is Cc1cc(O)c([C@@H](c2cccc(Cl)c2)N2CCN(C)CC2)c(=O)n1Cc1ccccc1. The van der Waals surface area contributed by atoms with Crippen LogP contribution in [0.4, 0.5) is 0 Å². The molecule has 2 heterocycles. The molecular formula is C25H28ClN3O2. The Hall–Kier alpha value is -2.60. The number of hydrogen-bond acceptors (Lipinski definition) is 4. The standard InChI is InChI=1S/C25H28ClN3O2/c1-18-15-22(30)23(25(31)29(18)17-19-7-4-3-5-8-19)24(20-9-6-10-21(26)16-20)28-13-11-27(2)12-14-28/h3-10,15-16,24,30H,11-14,17H2,1-2H3/t24-/m1/s1. The molecule has 5 nitrogen and oxygen atoms in total. The van der Waals surface area contributed by atoms with Crippen LogP contribution in [0, 0.1) is 6.92 Å². The highest BCUT2D eigenvalue weighted by atomic mass is 35.5. The molecule has 0 aliphatic carbocycles. The Kier molecular flexibility index (Phi) is 6.46. The fourth-order valence-electron chi connectivity index (χ4n) is 4.31. The maximum absolute atomic E-state index is 13.8. The van der Waals surface area contributed by atoms with Crippen molar-refractivity contribution in [3.8, 4) is 5.75 Å². The maximum atomic E-state index is 13.8. The Morgan fingerprint density at radius 2 is 1.71 bits per heavy atom. The summed E-state index contributed by atoms with van der Waals surface area (Å²) in [4.78, 5) is 18.3. The first kappa shape index (κ1) is 21.6. The van der Waals surface area contributed by atoms with E-state index in [-0.39, 0.29) is 17.4 Å². The highest BCUT2D eigenvalue weighted by molar-refractivity contribution is 6.30. The molecule has 162 valence electrons. The number of piperazine rings is 1. The molecular weight excluding hydrogens is 410 g/mol. The van der Waals surface area contributed by atoms with Crippen LogP contribution in [0.25, 0.3) is 0 Å². The van der Waals surface area contributed by atoms with E-state index in [1.807, 2.05) is 61.5 Å². The quantitative estimate of drug-likeness (QED) is 0.657. The molecule has 1 atom stereocenters. The summed E-state index contributed by atoms with van der Waals surface area (Å²) in [7, 11) is 2.10. The number of aromatic nitrogens is 1. The zero-order valence-electron chi connectivity index (χ0n) is 18.0. The molecule has 1 aliphatic rings.